The molecule has 2 aromatic rings. The molecule has 0 N–H and O–H groups in total. The molecule has 0 heterocycles. The van der Waals surface area contributed by atoms with Crippen molar-refractivity contribution >= 4 is 22.5 Å². The zero-order chi connectivity index (χ0) is 13.2. The lowest BCUT2D eigenvalue weighted by Crippen LogP contribution is -1.97. The van der Waals surface area contributed by atoms with Gasteiger partial charge in [-0.1, -0.05) is 18.2 Å². The Labute approximate surface area is 112 Å². The molecule has 3 nitrogen and oxygen atoms in total. The van der Waals surface area contributed by atoms with E-state index in [0.29, 0.717) is 16.4 Å². The van der Waals surface area contributed by atoms with Crippen LogP contribution in [-0.2, 0) is 9.84 Å². The lowest BCUT2D eigenvalue weighted by molar-refractivity contribution is 0.469. The second-order valence-electron chi connectivity index (χ2n) is 3.82. The van der Waals surface area contributed by atoms with E-state index in [1.165, 1.54) is 18.4 Å². The molecule has 5 heteroatoms. The fraction of sp³-hybridized carbons (Fsp3) is 0.0769. The molecule has 18 heavy (non-hydrogen) atoms. The van der Waals surface area contributed by atoms with Crippen molar-refractivity contribution in [2.45, 2.75) is 9.79 Å². The number of hydrogen-bond acceptors (Lipinski definition) is 4. The molecule has 0 unspecified atom stereocenters. The fourth-order valence-corrected chi connectivity index (χ4v) is 2.30. The molecule has 0 atom stereocenters. The van der Waals surface area contributed by atoms with Gasteiger partial charge in [-0.2, -0.15) is 0 Å². The minimum absolute atomic E-state index is 0.233. The molecule has 0 amide bonds. The summed E-state index contributed by atoms with van der Waals surface area (Å²) in [4.78, 5) is 0.930. The Hall–Kier alpha value is -1.46. The topological polar surface area (TPSA) is 43.4 Å². The van der Waals surface area contributed by atoms with Gasteiger partial charge in [0, 0.05) is 11.2 Å². The van der Waals surface area contributed by atoms with Crippen LogP contribution in [0.25, 0.3) is 0 Å². The lowest BCUT2D eigenvalue weighted by atomic mass is 10.3. The van der Waals surface area contributed by atoms with E-state index in [2.05, 4.69) is 12.6 Å². The molecule has 0 aliphatic carbocycles. The number of benzene rings is 2. The molecular formula is C13H12O3S2. The molecule has 0 fully saturated rings. The summed E-state index contributed by atoms with van der Waals surface area (Å²) in [6, 6.07) is 13.6. The van der Waals surface area contributed by atoms with E-state index in [1.807, 2.05) is 12.1 Å². The van der Waals surface area contributed by atoms with Gasteiger partial charge in [-0.25, -0.2) is 8.42 Å². The third kappa shape index (κ3) is 3.05. The first-order chi connectivity index (χ1) is 8.47. The van der Waals surface area contributed by atoms with Crippen molar-refractivity contribution in [3.63, 3.8) is 0 Å². The van der Waals surface area contributed by atoms with Crippen LogP contribution in [0.1, 0.15) is 0 Å². The van der Waals surface area contributed by atoms with E-state index in [4.69, 9.17) is 4.74 Å². The fourth-order valence-electron chi connectivity index (χ4n) is 1.44. The van der Waals surface area contributed by atoms with E-state index >= 15 is 0 Å². The van der Waals surface area contributed by atoms with E-state index in [0.717, 1.165) is 0 Å². The van der Waals surface area contributed by atoms with Crippen LogP contribution in [0.3, 0.4) is 0 Å². The van der Waals surface area contributed by atoms with Crippen molar-refractivity contribution in [1.29, 1.82) is 0 Å². The standard InChI is InChI=1S/C13H12O3S2/c1-18(14,15)11-6-4-5-10(9-11)16-12-7-2-3-8-13(12)17/h2-9,17H,1H3. The van der Waals surface area contributed by atoms with Crippen molar-refractivity contribution in [3.8, 4) is 11.5 Å². The maximum atomic E-state index is 11.4. The molecule has 0 aliphatic heterocycles. The number of rotatable bonds is 3. The number of para-hydroxylation sites is 1. The Morgan fingerprint density at radius 2 is 1.78 bits per heavy atom. The highest BCUT2D eigenvalue weighted by atomic mass is 32.2. The van der Waals surface area contributed by atoms with Crippen molar-refractivity contribution in [3.05, 3.63) is 48.5 Å². The normalized spacial score (nSPS) is 11.2. The van der Waals surface area contributed by atoms with E-state index in [9.17, 15) is 8.42 Å². The summed E-state index contributed by atoms with van der Waals surface area (Å²) in [7, 11) is -3.23. The van der Waals surface area contributed by atoms with Gasteiger partial charge in [0.25, 0.3) is 0 Å². The highest BCUT2D eigenvalue weighted by molar-refractivity contribution is 7.90. The molecule has 0 aromatic heterocycles. The largest absolute Gasteiger partial charge is 0.456 e. The van der Waals surface area contributed by atoms with Crippen molar-refractivity contribution in [2.24, 2.45) is 0 Å². The first-order valence-electron chi connectivity index (χ1n) is 5.23. The van der Waals surface area contributed by atoms with Crippen LogP contribution in [-0.4, -0.2) is 14.7 Å². The summed E-state index contributed by atoms with van der Waals surface area (Å²) in [5.41, 5.74) is 0. The van der Waals surface area contributed by atoms with Gasteiger partial charge in [0.1, 0.15) is 11.5 Å². The van der Waals surface area contributed by atoms with E-state index < -0.39 is 9.84 Å². The number of hydrogen-bond donors (Lipinski definition) is 1. The second-order valence-corrected chi connectivity index (χ2v) is 6.31. The minimum atomic E-state index is -3.23. The summed E-state index contributed by atoms with van der Waals surface area (Å²) in [6.45, 7) is 0. The van der Waals surface area contributed by atoms with Gasteiger partial charge in [0.2, 0.25) is 0 Å². The highest BCUT2D eigenvalue weighted by Gasteiger charge is 2.08. The highest BCUT2D eigenvalue weighted by Crippen LogP contribution is 2.28. The summed E-state index contributed by atoms with van der Waals surface area (Å²) in [5.74, 6) is 1.06. The molecule has 0 radical (unpaired) electrons. The average Bonchev–Trinajstić information content (AvgIpc) is 2.31. The summed E-state index contributed by atoms with van der Waals surface area (Å²) < 4.78 is 28.5. The van der Waals surface area contributed by atoms with Gasteiger partial charge in [-0.05, 0) is 30.3 Å². The minimum Gasteiger partial charge on any atom is -0.456 e. The molecule has 0 aliphatic rings. The van der Waals surface area contributed by atoms with Gasteiger partial charge < -0.3 is 4.74 Å². The zero-order valence-electron chi connectivity index (χ0n) is 9.70. The van der Waals surface area contributed by atoms with Crippen molar-refractivity contribution in [1.82, 2.24) is 0 Å². The summed E-state index contributed by atoms with van der Waals surface area (Å²) in [5, 5.41) is 0. The van der Waals surface area contributed by atoms with Gasteiger partial charge >= 0.3 is 0 Å². The maximum Gasteiger partial charge on any atom is 0.175 e. The molecule has 0 saturated heterocycles. The Bertz CT molecular complexity index is 663. The number of ether oxygens (including phenoxy) is 1. The summed E-state index contributed by atoms with van der Waals surface area (Å²) >= 11 is 4.27. The van der Waals surface area contributed by atoms with Crippen LogP contribution in [0.2, 0.25) is 0 Å². The average molecular weight is 280 g/mol. The Kier molecular flexibility index (Phi) is 3.63. The Balaban J connectivity index is 2.34. The lowest BCUT2D eigenvalue weighted by Gasteiger charge is -2.08. The number of thiol groups is 1. The Morgan fingerprint density at radius 3 is 2.44 bits per heavy atom. The first-order valence-corrected chi connectivity index (χ1v) is 7.56. The third-order valence-electron chi connectivity index (χ3n) is 2.33. The quantitative estimate of drug-likeness (QED) is 0.878. The molecule has 0 saturated carbocycles. The SMILES string of the molecule is CS(=O)(=O)c1cccc(Oc2ccccc2S)c1. The van der Waals surface area contributed by atoms with Crippen LogP contribution >= 0.6 is 12.6 Å². The van der Waals surface area contributed by atoms with E-state index in [-0.39, 0.29) is 4.90 Å². The van der Waals surface area contributed by atoms with Crippen LogP contribution in [0, 0.1) is 0 Å². The predicted molar refractivity (Wildman–Crippen MR) is 73.3 cm³/mol. The number of sulfone groups is 1. The zero-order valence-corrected chi connectivity index (χ0v) is 11.4. The van der Waals surface area contributed by atoms with Crippen LogP contribution in [0.5, 0.6) is 11.5 Å². The maximum absolute atomic E-state index is 11.4. The van der Waals surface area contributed by atoms with Gasteiger partial charge in [-0.15, -0.1) is 12.6 Å². The molecule has 0 bridgehead atoms. The summed E-state index contributed by atoms with van der Waals surface area (Å²) in [6.07, 6.45) is 1.17. The molecule has 94 valence electrons. The Morgan fingerprint density at radius 1 is 1.06 bits per heavy atom. The third-order valence-corrected chi connectivity index (χ3v) is 3.81. The molecule has 2 aromatic carbocycles. The second kappa shape index (κ2) is 5.04. The van der Waals surface area contributed by atoms with Gasteiger partial charge in [0.05, 0.1) is 4.90 Å². The monoisotopic (exact) mass is 280 g/mol. The van der Waals surface area contributed by atoms with Crippen LogP contribution in [0.15, 0.2) is 58.3 Å². The predicted octanol–water partition coefficient (Wildman–Crippen LogP) is 3.17. The first kappa shape index (κ1) is 13.0. The van der Waals surface area contributed by atoms with Crippen molar-refractivity contribution in [2.75, 3.05) is 6.26 Å². The smallest absolute Gasteiger partial charge is 0.175 e. The molecular weight excluding hydrogens is 268 g/mol. The molecule has 0 spiro atoms. The van der Waals surface area contributed by atoms with Gasteiger partial charge in [-0.3, -0.25) is 0 Å². The van der Waals surface area contributed by atoms with Crippen molar-refractivity contribution < 1.29 is 13.2 Å². The van der Waals surface area contributed by atoms with E-state index in [1.54, 1.807) is 24.3 Å². The van der Waals surface area contributed by atoms with Crippen LogP contribution < -0.4 is 4.74 Å². The molecule has 2 rings (SSSR count). The van der Waals surface area contributed by atoms with Gasteiger partial charge in [0.15, 0.2) is 9.84 Å². The van der Waals surface area contributed by atoms with Crippen LogP contribution in [0.4, 0.5) is 0 Å².